The van der Waals surface area contributed by atoms with Crippen molar-refractivity contribution >= 4 is 27.5 Å². The zero-order valence-electron chi connectivity index (χ0n) is 23.3. The summed E-state index contributed by atoms with van der Waals surface area (Å²) in [5, 5.41) is 0. The third-order valence-electron chi connectivity index (χ3n) is 7.24. The van der Waals surface area contributed by atoms with Crippen LogP contribution in [0.1, 0.15) is 64.9 Å². The van der Waals surface area contributed by atoms with Crippen molar-refractivity contribution in [3.63, 3.8) is 0 Å². The van der Waals surface area contributed by atoms with Crippen molar-refractivity contribution in [2.24, 2.45) is 0 Å². The molecular weight excluding hydrogens is 588 g/mol. The van der Waals surface area contributed by atoms with Crippen LogP contribution in [0, 0.1) is 27.7 Å². The average Bonchev–Trinajstić information content (AvgIpc) is 2.81. The quantitative estimate of drug-likeness (QED) is 0.212. The van der Waals surface area contributed by atoms with E-state index in [1.54, 1.807) is 0 Å². The number of halogens is 2. The van der Waals surface area contributed by atoms with Crippen LogP contribution in [0.25, 0.3) is 0 Å². The first kappa shape index (κ1) is 31.3. The lowest BCUT2D eigenvalue weighted by Crippen LogP contribution is -3.00. The molecule has 0 heterocycles. The Kier molecular flexibility index (Phi) is 12.1. The van der Waals surface area contributed by atoms with E-state index in [1.807, 2.05) is 29.2 Å². The van der Waals surface area contributed by atoms with Gasteiger partial charge in [-0.25, -0.2) is 0 Å². The van der Waals surface area contributed by atoms with E-state index in [1.165, 1.54) is 27.8 Å². The number of aryl methyl sites for hydroxylation is 4. The van der Waals surface area contributed by atoms with Gasteiger partial charge < -0.3 is 26.4 Å². The van der Waals surface area contributed by atoms with Crippen LogP contribution in [0.4, 0.5) is 5.69 Å². The Hall–Kier alpha value is -1.95. The third kappa shape index (κ3) is 8.80. The highest BCUT2D eigenvalue weighted by Crippen LogP contribution is 2.24. The van der Waals surface area contributed by atoms with Gasteiger partial charge in [0, 0.05) is 27.8 Å². The monoisotopic (exact) mass is 628 g/mol. The van der Waals surface area contributed by atoms with E-state index >= 15 is 0 Å². The molecule has 3 aromatic rings. The third-order valence-corrected chi connectivity index (χ3v) is 7.73. The molecule has 0 bridgehead atoms. The van der Waals surface area contributed by atoms with Gasteiger partial charge in [0.15, 0.2) is 0 Å². The zero-order chi connectivity index (χ0) is 26.3. The van der Waals surface area contributed by atoms with E-state index in [4.69, 9.17) is 0 Å². The second kappa shape index (κ2) is 14.3. The highest BCUT2D eigenvalue weighted by Gasteiger charge is 2.24. The summed E-state index contributed by atoms with van der Waals surface area (Å²) in [5.41, 5.74) is 8.16. The van der Waals surface area contributed by atoms with Crippen LogP contribution in [0.5, 0.6) is 0 Å². The van der Waals surface area contributed by atoms with Gasteiger partial charge in [0.1, 0.15) is 6.54 Å². The minimum absolute atomic E-state index is 0. The molecule has 0 aliphatic carbocycles. The first-order chi connectivity index (χ1) is 17.1. The Labute approximate surface area is 243 Å². The number of hydrogen-bond acceptors (Lipinski definition) is 1. The highest BCUT2D eigenvalue weighted by molar-refractivity contribution is 9.10. The first-order valence-corrected chi connectivity index (χ1v) is 14.0. The maximum atomic E-state index is 13.6. The van der Waals surface area contributed by atoms with Crippen molar-refractivity contribution in [3.8, 4) is 0 Å². The van der Waals surface area contributed by atoms with E-state index in [-0.39, 0.29) is 22.9 Å². The normalized spacial score (nSPS) is 11.2. The molecule has 0 N–H and O–H groups in total. The maximum Gasteiger partial charge on any atom is 0.258 e. The molecule has 0 aliphatic rings. The predicted octanol–water partition coefficient (Wildman–Crippen LogP) is 5.17. The molecule has 5 heteroatoms. The fraction of sp³-hybridized carbons (Fsp3) is 0.406. The highest BCUT2D eigenvalue weighted by atomic mass is 79.9. The van der Waals surface area contributed by atoms with Crippen molar-refractivity contribution in [3.05, 3.63) is 98.5 Å². The molecule has 1 amide bonds. The SMILES string of the molecule is CC[N+](CC)(CCCCN(C(=O)c1cccc(Br)c1)c1cc(C)cc(C)c1)Cc1cc(C)cc(C)c1.[Br-]. The maximum absolute atomic E-state index is 13.6. The lowest BCUT2D eigenvalue weighted by molar-refractivity contribution is -0.938. The Morgan fingerprint density at radius 1 is 0.811 bits per heavy atom. The van der Waals surface area contributed by atoms with E-state index in [0.29, 0.717) is 12.1 Å². The summed E-state index contributed by atoms with van der Waals surface area (Å²) in [6, 6.07) is 21.0. The van der Waals surface area contributed by atoms with Crippen molar-refractivity contribution in [2.45, 2.75) is 60.9 Å². The summed E-state index contributed by atoms with van der Waals surface area (Å²) in [5.74, 6) is 0.0586. The molecule has 3 aromatic carbocycles. The number of quaternary nitrogens is 1. The van der Waals surface area contributed by atoms with E-state index in [9.17, 15) is 4.79 Å². The van der Waals surface area contributed by atoms with Gasteiger partial charge in [-0.05, 0) is 95.8 Å². The second-order valence-electron chi connectivity index (χ2n) is 10.4. The number of rotatable bonds is 11. The molecule has 0 radical (unpaired) electrons. The van der Waals surface area contributed by atoms with Crippen molar-refractivity contribution in [1.82, 2.24) is 0 Å². The fourth-order valence-electron chi connectivity index (χ4n) is 5.34. The van der Waals surface area contributed by atoms with Crippen LogP contribution in [-0.4, -0.2) is 36.6 Å². The predicted molar refractivity (Wildman–Crippen MR) is 157 cm³/mol. The van der Waals surface area contributed by atoms with Gasteiger partial charge in [-0.1, -0.05) is 57.4 Å². The molecule has 0 spiro atoms. The summed E-state index contributed by atoms with van der Waals surface area (Å²) in [6.07, 6.45) is 2.05. The molecule has 0 fully saturated rings. The number of anilines is 1. The number of unbranched alkanes of at least 4 members (excludes halogenated alkanes) is 1. The van der Waals surface area contributed by atoms with Gasteiger partial charge in [-0.3, -0.25) is 4.79 Å². The van der Waals surface area contributed by atoms with E-state index in [2.05, 4.69) is 93.9 Å². The molecule has 200 valence electrons. The Morgan fingerprint density at radius 3 is 1.92 bits per heavy atom. The van der Waals surface area contributed by atoms with Gasteiger partial charge in [0.2, 0.25) is 0 Å². The van der Waals surface area contributed by atoms with Crippen LogP contribution >= 0.6 is 15.9 Å². The average molecular weight is 631 g/mol. The number of carbonyl (C=O) groups excluding carboxylic acids is 1. The summed E-state index contributed by atoms with van der Waals surface area (Å²) in [4.78, 5) is 15.6. The Morgan fingerprint density at radius 2 is 1.38 bits per heavy atom. The lowest BCUT2D eigenvalue weighted by Gasteiger charge is -2.37. The minimum Gasteiger partial charge on any atom is -1.00 e. The number of nitrogens with zero attached hydrogens (tertiary/aromatic N) is 2. The minimum atomic E-state index is 0. The van der Waals surface area contributed by atoms with Crippen LogP contribution < -0.4 is 21.9 Å². The molecule has 0 aliphatic heterocycles. The number of hydrogen-bond donors (Lipinski definition) is 0. The van der Waals surface area contributed by atoms with E-state index < -0.39 is 0 Å². The van der Waals surface area contributed by atoms with Gasteiger partial charge in [-0.15, -0.1) is 0 Å². The Bertz CT molecular complexity index is 1150. The number of benzene rings is 3. The molecule has 0 saturated carbocycles. The summed E-state index contributed by atoms with van der Waals surface area (Å²) < 4.78 is 2.00. The van der Waals surface area contributed by atoms with Crippen LogP contribution in [-0.2, 0) is 6.54 Å². The van der Waals surface area contributed by atoms with Gasteiger partial charge in [0.25, 0.3) is 5.91 Å². The van der Waals surface area contributed by atoms with E-state index in [0.717, 1.165) is 53.7 Å². The summed E-state index contributed by atoms with van der Waals surface area (Å²) in [6.45, 7) is 18.3. The molecular formula is C32H42Br2N2O. The molecule has 0 unspecified atom stereocenters. The summed E-state index contributed by atoms with van der Waals surface area (Å²) in [7, 11) is 0. The number of amides is 1. The van der Waals surface area contributed by atoms with Gasteiger partial charge in [0.05, 0.1) is 19.6 Å². The summed E-state index contributed by atoms with van der Waals surface area (Å²) >= 11 is 3.52. The van der Waals surface area contributed by atoms with Crippen LogP contribution in [0.2, 0.25) is 0 Å². The van der Waals surface area contributed by atoms with Crippen molar-refractivity contribution < 1.29 is 26.3 Å². The molecule has 37 heavy (non-hydrogen) atoms. The first-order valence-electron chi connectivity index (χ1n) is 13.2. The standard InChI is InChI=1S/C32H42BrN2O.BrH/c1-7-35(8-2,23-28-18-24(3)16-25(4)19-28)15-10-9-14-34(31-20-26(5)17-27(6)21-31)32(36)29-12-11-13-30(33)22-29;/h11-13,16-22H,7-10,14-15,23H2,1-6H3;1H/q+1;/p-1. The topological polar surface area (TPSA) is 20.3 Å². The molecule has 3 rings (SSSR count). The van der Waals surface area contributed by atoms with Crippen molar-refractivity contribution in [1.29, 1.82) is 0 Å². The molecule has 0 saturated heterocycles. The zero-order valence-corrected chi connectivity index (χ0v) is 26.5. The Balaban J connectivity index is 0.00000481. The fourth-order valence-corrected chi connectivity index (χ4v) is 5.74. The second-order valence-corrected chi connectivity index (χ2v) is 11.3. The smallest absolute Gasteiger partial charge is 0.258 e. The molecule has 0 aromatic heterocycles. The van der Waals surface area contributed by atoms with Crippen molar-refractivity contribution in [2.75, 3.05) is 31.1 Å². The van der Waals surface area contributed by atoms with Crippen LogP contribution in [0.15, 0.2) is 65.1 Å². The largest absolute Gasteiger partial charge is 1.00 e. The van der Waals surface area contributed by atoms with Gasteiger partial charge >= 0.3 is 0 Å². The van der Waals surface area contributed by atoms with Gasteiger partial charge in [-0.2, -0.15) is 0 Å². The number of carbonyl (C=O) groups is 1. The lowest BCUT2D eigenvalue weighted by atomic mass is 10.1. The van der Waals surface area contributed by atoms with Crippen LogP contribution in [0.3, 0.4) is 0 Å². The molecule has 3 nitrogen and oxygen atoms in total. The molecule has 0 atom stereocenters.